The Kier molecular flexibility index (Phi) is 7.39. The van der Waals surface area contributed by atoms with Gasteiger partial charge in [0.15, 0.2) is 0 Å². The molecule has 0 bridgehead atoms. The molecule has 8 heteroatoms. The van der Waals surface area contributed by atoms with E-state index < -0.39 is 22.5 Å². The predicted octanol–water partition coefficient (Wildman–Crippen LogP) is 6.27. The highest BCUT2D eigenvalue weighted by Gasteiger charge is 2.28. The first-order valence-electron chi connectivity index (χ1n) is 10.8. The number of nitrogens with zero attached hydrogens (tertiary/aromatic N) is 1. The number of anilines is 2. The van der Waals surface area contributed by atoms with Gasteiger partial charge in [0.25, 0.3) is 10.0 Å². The SMILES string of the molecule is Cc1c(Cl)cccc1N(CC(=O)Nc1ccc(Oc2ccccc2)cc1)S(=O)(=O)c1ccccc1. The molecule has 0 saturated carbocycles. The quantitative estimate of drug-likeness (QED) is 0.305. The number of carbonyl (C=O) groups excluding carboxylic acids is 1. The van der Waals surface area contributed by atoms with Crippen LogP contribution in [0.25, 0.3) is 0 Å². The number of ether oxygens (including phenoxy) is 1. The lowest BCUT2D eigenvalue weighted by Gasteiger charge is -2.26. The van der Waals surface area contributed by atoms with Crippen LogP contribution < -0.4 is 14.4 Å². The van der Waals surface area contributed by atoms with Crippen molar-refractivity contribution in [3.63, 3.8) is 0 Å². The van der Waals surface area contributed by atoms with Crippen molar-refractivity contribution in [2.75, 3.05) is 16.2 Å². The van der Waals surface area contributed by atoms with Crippen LogP contribution in [0.5, 0.6) is 11.5 Å². The molecule has 0 aliphatic heterocycles. The van der Waals surface area contributed by atoms with E-state index in [0.717, 1.165) is 4.31 Å². The van der Waals surface area contributed by atoms with E-state index in [1.807, 2.05) is 30.3 Å². The number of hydrogen-bond donors (Lipinski definition) is 1. The first-order chi connectivity index (χ1) is 16.8. The molecule has 35 heavy (non-hydrogen) atoms. The summed E-state index contributed by atoms with van der Waals surface area (Å²) in [4.78, 5) is 13.0. The molecule has 0 aromatic heterocycles. The summed E-state index contributed by atoms with van der Waals surface area (Å²) in [5.41, 5.74) is 1.40. The fourth-order valence-electron chi connectivity index (χ4n) is 3.45. The van der Waals surface area contributed by atoms with Crippen LogP contribution in [0.1, 0.15) is 5.56 Å². The van der Waals surface area contributed by atoms with Gasteiger partial charge in [-0.2, -0.15) is 0 Å². The highest BCUT2D eigenvalue weighted by Crippen LogP contribution is 2.31. The highest BCUT2D eigenvalue weighted by atomic mass is 35.5. The third kappa shape index (κ3) is 5.82. The van der Waals surface area contributed by atoms with Crippen molar-refractivity contribution in [1.29, 1.82) is 0 Å². The molecular formula is C27H23ClN2O4S. The zero-order valence-electron chi connectivity index (χ0n) is 18.9. The number of sulfonamides is 1. The summed E-state index contributed by atoms with van der Waals surface area (Å²) < 4.78 is 33.8. The normalized spacial score (nSPS) is 11.0. The molecule has 0 aliphatic carbocycles. The maximum atomic E-state index is 13.5. The van der Waals surface area contributed by atoms with E-state index in [1.54, 1.807) is 67.6 Å². The molecule has 4 aromatic rings. The van der Waals surface area contributed by atoms with Crippen LogP contribution in [-0.2, 0) is 14.8 Å². The summed E-state index contributed by atoms with van der Waals surface area (Å²) in [5.74, 6) is 0.806. The average molecular weight is 507 g/mol. The van der Waals surface area contributed by atoms with Crippen LogP contribution in [0.4, 0.5) is 11.4 Å². The van der Waals surface area contributed by atoms with Crippen LogP contribution in [-0.4, -0.2) is 20.9 Å². The van der Waals surface area contributed by atoms with Crippen LogP contribution >= 0.6 is 11.6 Å². The molecule has 0 heterocycles. The van der Waals surface area contributed by atoms with E-state index in [2.05, 4.69) is 5.32 Å². The smallest absolute Gasteiger partial charge is 0.264 e. The molecular weight excluding hydrogens is 484 g/mol. The van der Waals surface area contributed by atoms with E-state index >= 15 is 0 Å². The van der Waals surface area contributed by atoms with E-state index in [9.17, 15) is 13.2 Å². The predicted molar refractivity (Wildman–Crippen MR) is 139 cm³/mol. The topological polar surface area (TPSA) is 75.7 Å². The van der Waals surface area contributed by atoms with Gasteiger partial charge in [-0.05, 0) is 73.2 Å². The molecule has 0 aliphatic rings. The third-order valence-corrected chi connectivity index (χ3v) is 7.43. The van der Waals surface area contributed by atoms with E-state index in [1.165, 1.54) is 12.1 Å². The van der Waals surface area contributed by atoms with Gasteiger partial charge < -0.3 is 10.1 Å². The van der Waals surface area contributed by atoms with E-state index in [-0.39, 0.29) is 4.90 Å². The second-order valence-electron chi connectivity index (χ2n) is 7.70. The summed E-state index contributed by atoms with van der Waals surface area (Å²) in [5, 5.41) is 3.16. The van der Waals surface area contributed by atoms with Gasteiger partial charge in [0.1, 0.15) is 18.0 Å². The third-order valence-electron chi connectivity index (χ3n) is 5.24. The Morgan fingerprint density at radius 2 is 1.43 bits per heavy atom. The number of hydrogen-bond acceptors (Lipinski definition) is 4. The number of benzene rings is 4. The zero-order chi connectivity index (χ0) is 24.8. The number of amides is 1. The Morgan fingerprint density at radius 1 is 0.829 bits per heavy atom. The Morgan fingerprint density at radius 3 is 2.09 bits per heavy atom. The minimum Gasteiger partial charge on any atom is -0.457 e. The molecule has 0 atom stereocenters. The number of nitrogens with one attached hydrogen (secondary N) is 1. The van der Waals surface area contributed by atoms with Crippen molar-refractivity contribution in [3.05, 3.63) is 114 Å². The highest BCUT2D eigenvalue weighted by molar-refractivity contribution is 7.92. The molecule has 6 nitrogen and oxygen atoms in total. The van der Waals surface area contributed by atoms with Gasteiger partial charge in [0, 0.05) is 10.7 Å². The average Bonchev–Trinajstić information content (AvgIpc) is 2.87. The lowest BCUT2D eigenvalue weighted by atomic mass is 10.2. The summed E-state index contributed by atoms with van der Waals surface area (Å²) in [6, 6.07) is 29.1. The van der Waals surface area contributed by atoms with Crippen LogP contribution in [0.2, 0.25) is 5.02 Å². The first-order valence-corrected chi connectivity index (χ1v) is 12.6. The molecule has 0 spiro atoms. The van der Waals surface area contributed by atoms with Gasteiger partial charge in [-0.1, -0.05) is 54.1 Å². The summed E-state index contributed by atoms with van der Waals surface area (Å²) in [7, 11) is -4.03. The van der Waals surface area contributed by atoms with Crippen LogP contribution in [0.3, 0.4) is 0 Å². The maximum Gasteiger partial charge on any atom is 0.264 e. The molecule has 4 rings (SSSR count). The Labute approximate surface area is 209 Å². The van der Waals surface area contributed by atoms with Crippen LogP contribution in [0, 0.1) is 6.92 Å². The Bertz CT molecular complexity index is 1410. The molecule has 1 amide bonds. The molecule has 0 unspecified atom stereocenters. The molecule has 1 N–H and O–H groups in total. The standard InChI is InChI=1S/C27H23ClN2O4S/c1-20-25(28)13-8-14-26(20)30(35(32,33)24-11-6-3-7-12-24)19-27(31)29-21-15-17-23(18-16-21)34-22-9-4-2-5-10-22/h2-18H,19H2,1H3,(H,29,31). The van der Waals surface area contributed by atoms with Gasteiger partial charge >= 0.3 is 0 Å². The second-order valence-corrected chi connectivity index (χ2v) is 9.97. The fourth-order valence-corrected chi connectivity index (χ4v) is 5.12. The van der Waals surface area contributed by atoms with Crippen molar-refractivity contribution >= 4 is 38.9 Å². The Balaban J connectivity index is 1.55. The van der Waals surface area contributed by atoms with Crippen LogP contribution in [0.15, 0.2) is 108 Å². The fraction of sp³-hybridized carbons (Fsp3) is 0.0741. The first kappa shape index (κ1) is 24.3. The number of halogens is 1. The molecule has 4 aromatic carbocycles. The van der Waals surface area contributed by atoms with Crippen molar-refractivity contribution in [1.82, 2.24) is 0 Å². The molecule has 178 valence electrons. The number of rotatable bonds is 8. The van der Waals surface area contributed by atoms with Gasteiger partial charge in [0.05, 0.1) is 10.6 Å². The summed E-state index contributed by atoms with van der Waals surface area (Å²) >= 11 is 6.26. The van der Waals surface area contributed by atoms with Crippen molar-refractivity contribution < 1.29 is 17.9 Å². The largest absolute Gasteiger partial charge is 0.457 e. The second kappa shape index (κ2) is 10.6. The lowest BCUT2D eigenvalue weighted by Crippen LogP contribution is -2.38. The van der Waals surface area contributed by atoms with Gasteiger partial charge in [-0.25, -0.2) is 8.42 Å². The molecule has 0 radical (unpaired) electrons. The van der Waals surface area contributed by atoms with Crippen molar-refractivity contribution in [3.8, 4) is 11.5 Å². The maximum absolute atomic E-state index is 13.5. The minimum atomic E-state index is -4.03. The Hall–Kier alpha value is -3.81. The van der Waals surface area contributed by atoms with Crippen molar-refractivity contribution in [2.45, 2.75) is 11.8 Å². The van der Waals surface area contributed by atoms with Gasteiger partial charge in [-0.3, -0.25) is 9.10 Å². The monoisotopic (exact) mass is 506 g/mol. The van der Waals surface area contributed by atoms with E-state index in [4.69, 9.17) is 16.3 Å². The summed E-state index contributed by atoms with van der Waals surface area (Å²) in [6.07, 6.45) is 0. The number of para-hydroxylation sites is 1. The number of carbonyl (C=O) groups is 1. The zero-order valence-corrected chi connectivity index (χ0v) is 20.5. The van der Waals surface area contributed by atoms with Gasteiger partial charge in [0.2, 0.25) is 5.91 Å². The lowest BCUT2D eigenvalue weighted by molar-refractivity contribution is -0.114. The van der Waals surface area contributed by atoms with Crippen molar-refractivity contribution in [2.24, 2.45) is 0 Å². The summed E-state index contributed by atoms with van der Waals surface area (Å²) in [6.45, 7) is 1.29. The minimum absolute atomic E-state index is 0.0783. The van der Waals surface area contributed by atoms with E-state index in [0.29, 0.717) is 33.5 Å². The molecule has 0 fully saturated rings. The molecule has 0 saturated heterocycles. The van der Waals surface area contributed by atoms with Gasteiger partial charge in [-0.15, -0.1) is 0 Å².